The van der Waals surface area contributed by atoms with Crippen LogP contribution in [0.25, 0.3) is 11.3 Å². The summed E-state index contributed by atoms with van der Waals surface area (Å²) in [4.78, 5) is 20.8. The molecule has 0 aliphatic carbocycles. The highest BCUT2D eigenvalue weighted by molar-refractivity contribution is 8.00. The Hall–Kier alpha value is -2.12. The number of hydrogen-bond acceptors (Lipinski definition) is 5. The van der Waals surface area contributed by atoms with E-state index in [1.165, 1.54) is 0 Å². The van der Waals surface area contributed by atoms with Crippen LogP contribution in [0.5, 0.6) is 0 Å². The SMILES string of the molecule is O=C(NO)C(Sc1nccc(-c2ccc(Cl)cc2)n1)c1ccc(Cl)cc1. The highest BCUT2D eigenvalue weighted by Crippen LogP contribution is 2.34. The van der Waals surface area contributed by atoms with Crippen LogP contribution in [0, 0.1) is 0 Å². The summed E-state index contributed by atoms with van der Waals surface area (Å²) in [5.74, 6) is -0.571. The number of nitrogens with one attached hydrogen (secondary N) is 1. The third-order valence-corrected chi connectivity index (χ3v) is 5.15. The number of amides is 1. The number of rotatable bonds is 5. The molecule has 0 saturated carbocycles. The van der Waals surface area contributed by atoms with Crippen LogP contribution >= 0.6 is 35.0 Å². The molecule has 0 aliphatic heterocycles. The summed E-state index contributed by atoms with van der Waals surface area (Å²) < 4.78 is 0. The Kier molecular flexibility index (Phi) is 6.11. The minimum Gasteiger partial charge on any atom is -0.289 e. The molecule has 1 unspecified atom stereocenters. The molecule has 0 bridgehead atoms. The highest BCUT2D eigenvalue weighted by atomic mass is 35.5. The lowest BCUT2D eigenvalue weighted by atomic mass is 10.1. The number of hydroxylamine groups is 1. The summed E-state index contributed by atoms with van der Waals surface area (Å²) in [7, 11) is 0. The lowest BCUT2D eigenvalue weighted by molar-refractivity contribution is -0.128. The summed E-state index contributed by atoms with van der Waals surface area (Å²) in [6.07, 6.45) is 1.62. The molecular weight excluding hydrogens is 393 g/mol. The number of halogens is 2. The number of carbonyl (C=O) groups is 1. The Balaban J connectivity index is 1.89. The van der Waals surface area contributed by atoms with Crippen molar-refractivity contribution in [3.05, 3.63) is 76.4 Å². The van der Waals surface area contributed by atoms with Crippen LogP contribution in [-0.4, -0.2) is 21.1 Å². The minimum absolute atomic E-state index is 0.404. The summed E-state index contributed by atoms with van der Waals surface area (Å²) in [5.41, 5.74) is 3.95. The van der Waals surface area contributed by atoms with Crippen LogP contribution in [0.4, 0.5) is 0 Å². The second kappa shape index (κ2) is 8.51. The first-order valence-corrected chi connectivity index (χ1v) is 9.15. The van der Waals surface area contributed by atoms with E-state index in [1.807, 2.05) is 12.1 Å². The van der Waals surface area contributed by atoms with Gasteiger partial charge in [-0.15, -0.1) is 0 Å². The van der Waals surface area contributed by atoms with Gasteiger partial charge in [0.25, 0.3) is 5.91 Å². The van der Waals surface area contributed by atoms with E-state index in [9.17, 15) is 4.79 Å². The van der Waals surface area contributed by atoms with Gasteiger partial charge in [-0.3, -0.25) is 10.0 Å². The monoisotopic (exact) mass is 405 g/mol. The van der Waals surface area contributed by atoms with Gasteiger partial charge >= 0.3 is 0 Å². The van der Waals surface area contributed by atoms with Gasteiger partial charge < -0.3 is 0 Å². The van der Waals surface area contributed by atoms with Gasteiger partial charge in [0.05, 0.1) is 5.69 Å². The molecule has 2 N–H and O–H groups in total. The topological polar surface area (TPSA) is 75.1 Å². The fraction of sp³-hybridized carbons (Fsp3) is 0.0556. The molecule has 0 fully saturated rings. The number of thioether (sulfide) groups is 1. The molecule has 26 heavy (non-hydrogen) atoms. The van der Waals surface area contributed by atoms with Gasteiger partial charge in [0.15, 0.2) is 5.16 Å². The van der Waals surface area contributed by atoms with Crippen molar-refractivity contribution < 1.29 is 10.0 Å². The van der Waals surface area contributed by atoms with Crippen molar-refractivity contribution in [2.45, 2.75) is 10.4 Å². The Morgan fingerprint density at radius 1 is 1.00 bits per heavy atom. The van der Waals surface area contributed by atoms with E-state index in [0.29, 0.717) is 26.5 Å². The van der Waals surface area contributed by atoms with Gasteiger partial charge in [0.1, 0.15) is 5.25 Å². The quantitative estimate of drug-likeness (QED) is 0.276. The maximum absolute atomic E-state index is 12.1. The van der Waals surface area contributed by atoms with E-state index in [-0.39, 0.29) is 0 Å². The number of hydrogen-bond donors (Lipinski definition) is 2. The molecule has 5 nitrogen and oxygen atoms in total. The molecule has 0 spiro atoms. The minimum atomic E-state index is -0.724. The van der Waals surface area contributed by atoms with E-state index in [0.717, 1.165) is 17.3 Å². The van der Waals surface area contributed by atoms with Crippen molar-refractivity contribution in [3.8, 4) is 11.3 Å². The molecule has 1 amide bonds. The maximum atomic E-state index is 12.1. The fourth-order valence-corrected chi connectivity index (χ4v) is 3.44. The van der Waals surface area contributed by atoms with Gasteiger partial charge in [0.2, 0.25) is 0 Å². The maximum Gasteiger partial charge on any atom is 0.261 e. The molecule has 3 rings (SSSR count). The van der Waals surface area contributed by atoms with Gasteiger partial charge in [-0.1, -0.05) is 59.2 Å². The van der Waals surface area contributed by atoms with Crippen LogP contribution < -0.4 is 5.48 Å². The second-order valence-electron chi connectivity index (χ2n) is 5.26. The summed E-state index contributed by atoms with van der Waals surface area (Å²) in [6.45, 7) is 0. The fourth-order valence-electron chi connectivity index (χ4n) is 2.25. The third kappa shape index (κ3) is 4.53. The normalized spacial score (nSPS) is 11.8. The van der Waals surface area contributed by atoms with Gasteiger partial charge in [-0.05, 0) is 35.9 Å². The van der Waals surface area contributed by atoms with Crippen molar-refractivity contribution >= 4 is 40.9 Å². The lowest BCUT2D eigenvalue weighted by Gasteiger charge is -2.14. The molecule has 2 aromatic carbocycles. The highest BCUT2D eigenvalue weighted by Gasteiger charge is 2.23. The molecule has 0 saturated heterocycles. The molecule has 0 aliphatic rings. The van der Waals surface area contributed by atoms with Crippen LogP contribution in [0.2, 0.25) is 10.0 Å². The first-order valence-electron chi connectivity index (χ1n) is 7.52. The number of carbonyl (C=O) groups excluding carboxylic acids is 1. The van der Waals surface area contributed by atoms with Crippen LogP contribution in [0.1, 0.15) is 10.8 Å². The summed E-state index contributed by atoms with van der Waals surface area (Å²) in [6, 6.07) is 15.9. The van der Waals surface area contributed by atoms with Crippen LogP contribution in [0.15, 0.2) is 66.0 Å². The van der Waals surface area contributed by atoms with Gasteiger partial charge in [0, 0.05) is 21.8 Å². The van der Waals surface area contributed by atoms with Crippen LogP contribution in [-0.2, 0) is 4.79 Å². The zero-order valence-electron chi connectivity index (χ0n) is 13.3. The Labute approximate surface area is 164 Å². The molecule has 1 heterocycles. The molecular formula is C18H13Cl2N3O2S. The molecule has 8 heteroatoms. The predicted molar refractivity (Wildman–Crippen MR) is 102 cm³/mol. The average Bonchev–Trinajstić information content (AvgIpc) is 2.67. The van der Waals surface area contributed by atoms with Crippen molar-refractivity contribution in [1.82, 2.24) is 15.4 Å². The number of nitrogens with zero attached hydrogens (tertiary/aromatic N) is 2. The second-order valence-corrected chi connectivity index (χ2v) is 7.20. The number of aromatic nitrogens is 2. The number of benzene rings is 2. The van der Waals surface area contributed by atoms with Crippen molar-refractivity contribution in [2.24, 2.45) is 0 Å². The largest absolute Gasteiger partial charge is 0.289 e. The molecule has 132 valence electrons. The van der Waals surface area contributed by atoms with E-state index in [1.54, 1.807) is 54.1 Å². The Morgan fingerprint density at radius 2 is 1.62 bits per heavy atom. The Morgan fingerprint density at radius 3 is 2.23 bits per heavy atom. The molecule has 0 radical (unpaired) electrons. The zero-order chi connectivity index (χ0) is 18.5. The standard InChI is InChI=1S/C18H13Cl2N3O2S/c19-13-5-1-11(2-6-13)15-9-10-21-18(22-15)26-16(17(24)23-25)12-3-7-14(20)8-4-12/h1-10,16,25H,(H,23,24). The molecule has 3 aromatic rings. The predicted octanol–water partition coefficient (Wildman–Crippen LogP) is 4.79. The van der Waals surface area contributed by atoms with E-state index in [4.69, 9.17) is 28.4 Å². The molecule has 1 atom stereocenters. The zero-order valence-corrected chi connectivity index (χ0v) is 15.6. The smallest absolute Gasteiger partial charge is 0.261 e. The molecule has 1 aromatic heterocycles. The van der Waals surface area contributed by atoms with Crippen LogP contribution in [0.3, 0.4) is 0 Å². The average molecular weight is 406 g/mol. The van der Waals surface area contributed by atoms with E-state index in [2.05, 4.69) is 9.97 Å². The van der Waals surface area contributed by atoms with Crippen molar-refractivity contribution in [2.75, 3.05) is 0 Å². The first-order chi connectivity index (χ1) is 12.6. The summed E-state index contributed by atoms with van der Waals surface area (Å²) in [5, 5.41) is 9.94. The van der Waals surface area contributed by atoms with Crippen molar-refractivity contribution in [3.63, 3.8) is 0 Å². The first kappa shape index (κ1) is 18.7. The summed E-state index contributed by atoms with van der Waals surface area (Å²) >= 11 is 12.9. The van der Waals surface area contributed by atoms with Gasteiger partial charge in [-0.25, -0.2) is 15.4 Å². The Bertz CT molecular complexity index is 905. The van der Waals surface area contributed by atoms with E-state index < -0.39 is 11.2 Å². The third-order valence-electron chi connectivity index (χ3n) is 3.52. The van der Waals surface area contributed by atoms with E-state index >= 15 is 0 Å². The van der Waals surface area contributed by atoms with Gasteiger partial charge in [-0.2, -0.15) is 0 Å². The lowest BCUT2D eigenvalue weighted by Crippen LogP contribution is -2.24. The van der Waals surface area contributed by atoms with Crippen molar-refractivity contribution in [1.29, 1.82) is 0 Å².